The predicted molar refractivity (Wildman–Crippen MR) is 78.0 cm³/mol. The fourth-order valence-electron chi connectivity index (χ4n) is 1.59. The van der Waals surface area contributed by atoms with Gasteiger partial charge in [0.2, 0.25) is 5.91 Å². The van der Waals surface area contributed by atoms with Crippen LogP contribution in [-0.4, -0.2) is 12.5 Å². The third kappa shape index (κ3) is 5.07. The molecular weight excluding hydrogens is 248 g/mol. The minimum atomic E-state index is -0.133. The number of hydrogen-bond acceptors (Lipinski definition) is 2. The van der Waals surface area contributed by atoms with E-state index in [-0.39, 0.29) is 24.4 Å². The number of nitrogens with two attached hydrogens (primary N) is 1. The average Bonchev–Trinajstić information content (AvgIpc) is 2.35. The molecule has 1 atom stereocenters. The number of nitrogens with one attached hydrogen (secondary N) is 1. The van der Waals surface area contributed by atoms with Crippen molar-refractivity contribution in [3.63, 3.8) is 0 Å². The molecule has 3 N–H and O–H groups in total. The summed E-state index contributed by atoms with van der Waals surface area (Å²) in [7, 11) is 0. The van der Waals surface area contributed by atoms with Gasteiger partial charge in [-0.25, -0.2) is 0 Å². The van der Waals surface area contributed by atoms with E-state index in [0.29, 0.717) is 18.9 Å². The van der Waals surface area contributed by atoms with Gasteiger partial charge in [-0.05, 0) is 17.0 Å². The molecule has 18 heavy (non-hydrogen) atoms. The third-order valence-electron chi connectivity index (χ3n) is 2.87. The number of carbonyl (C=O) groups excluding carboxylic acids is 1. The summed E-state index contributed by atoms with van der Waals surface area (Å²) in [4.78, 5) is 11.1. The maximum absolute atomic E-state index is 11.1. The average molecular weight is 271 g/mol. The second-order valence-corrected chi connectivity index (χ2v) is 4.59. The van der Waals surface area contributed by atoms with Crippen molar-refractivity contribution in [1.82, 2.24) is 5.32 Å². The number of halogens is 1. The van der Waals surface area contributed by atoms with E-state index in [1.165, 1.54) is 5.56 Å². The molecule has 1 amide bonds. The predicted octanol–water partition coefficient (Wildman–Crippen LogP) is 2.76. The minimum absolute atomic E-state index is 0. The van der Waals surface area contributed by atoms with E-state index in [9.17, 15) is 4.79 Å². The van der Waals surface area contributed by atoms with Crippen LogP contribution in [0.2, 0.25) is 0 Å². The van der Waals surface area contributed by atoms with Gasteiger partial charge in [-0.3, -0.25) is 4.79 Å². The van der Waals surface area contributed by atoms with Crippen molar-refractivity contribution >= 4 is 18.3 Å². The van der Waals surface area contributed by atoms with E-state index in [4.69, 9.17) is 5.73 Å². The van der Waals surface area contributed by atoms with Crippen LogP contribution in [-0.2, 0) is 4.79 Å². The lowest BCUT2D eigenvalue weighted by molar-refractivity contribution is -0.120. The Kier molecular flexibility index (Phi) is 7.64. The Bertz CT molecular complexity index is 363. The molecule has 0 aliphatic carbocycles. The first-order valence-corrected chi connectivity index (χ1v) is 6.16. The molecule has 0 saturated heterocycles. The maximum Gasteiger partial charge on any atom is 0.219 e. The largest absolute Gasteiger partial charge is 0.354 e. The Morgan fingerprint density at radius 2 is 1.72 bits per heavy atom. The topological polar surface area (TPSA) is 55.1 Å². The number of benzene rings is 1. The van der Waals surface area contributed by atoms with Gasteiger partial charge in [-0.15, -0.1) is 12.4 Å². The van der Waals surface area contributed by atoms with E-state index in [1.54, 1.807) is 0 Å². The highest BCUT2D eigenvalue weighted by Gasteiger charge is 2.07. The summed E-state index contributed by atoms with van der Waals surface area (Å²) >= 11 is 0. The summed E-state index contributed by atoms with van der Waals surface area (Å²) in [5.74, 6) is 0.569. The van der Waals surface area contributed by atoms with Gasteiger partial charge in [0.15, 0.2) is 0 Å². The van der Waals surface area contributed by atoms with Gasteiger partial charge in [-0.2, -0.15) is 0 Å². The molecule has 1 rings (SSSR count). The van der Waals surface area contributed by atoms with Crippen molar-refractivity contribution in [3.8, 4) is 0 Å². The fourth-order valence-corrected chi connectivity index (χ4v) is 1.59. The zero-order valence-corrected chi connectivity index (χ0v) is 12.1. The maximum atomic E-state index is 11.1. The zero-order chi connectivity index (χ0) is 12.8. The van der Waals surface area contributed by atoms with Crippen LogP contribution in [0.1, 0.15) is 50.3 Å². The van der Waals surface area contributed by atoms with Crippen molar-refractivity contribution in [2.75, 3.05) is 6.54 Å². The molecule has 0 aromatic heterocycles. The monoisotopic (exact) mass is 270 g/mol. The molecule has 1 aromatic carbocycles. The first-order chi connectivity index (χ1) is 8.04. The van der Waals surface area contributed by atoms with Gasteiger partial charge in [0.05, 0.1) is 0 Å². The van der Waals surface area contributed by atoms with E-state index < -0.39 is 0 Å². The Hall–Kier alpha value is -1.06. The summed E-state index contributed by atoms with van der Waals surface area (Å²) in [6.45, 7) is 6.65. The molecule has 1 aromatic rings. The lowest BCUT2D eigenvalue weighted by Crippen LogP contribution is -2.31. The Morgan fingerprint density at radius 3 is 2.17 bits per heavy atom. The van der Waals surface area contributed by atoms with Gasteiger partial charge in [0.25, 0.3) is 0 Å². The second-order valence-electron chi connectivity index (χ2n) is 4.59. The van der Waals surface area contributed by atoms with Crippen LogP contribution in [0.15, 0.2) is 24.3 Å². The normalized spacial score (nSPS) is 11.8. The summed E-state index contributed by atoms with van der Waals surface area (Å²) in [5.41, 5.74) is 8.37. The summed E-state index contributed by atoms with van der Waals surface area (Å²) < 4.78 is 0. The SMILES string of the molecule is CCC(=O)NCC(N)c1ccc(C(C)C)cc1.Cl. The number of amides is 1. The Morgan fingerprint density at radius 1 is 1.22 bits per heavy atom. The van der Waals surface area contributed by atoms with Crippen LogP contribution < -0.4 is 11.1 Å². The van der Waals surface area contributed by atoms with Crippen LogP contribution in [0.25, 0.3) is 0 Å². The second kappa shape index (κ2) is 8.11. The highest BCUT2D eigenvalue weighted by atomic mass is 35.5. The molecule has 4 heteroatoms. The van der Waals surface area contributed by atoms with E-state index in [2.05, 4.69) is 31.3 Å². The molecular formula is C14H23ClN2O. The first kappa shape index (κ1) is 16.9. The van der Waals surface area contributed by atoms with E-state index in [1.807, 2.05) is 19.1 Å². The van der Waals surface area contributed by atoms with Gasteiger partial charge >= 0.3 is 0 Å². The number of carbonyl (C=O) groups is 1. The summed E-state index contributed by atoms with van der Waals surface area (Å²) in [6.07, 6.45) is 0.499. The Balaban J connectivity index is 0.00000289. The highest BCUT2D eigenvalue weighted by molar-refractivity contribution is 5.85. The standard InChI is InChI=1S/C14H22N2O.ClH/c1-4-14(17)16-9-13(15)12-7-5-11(6-8-12)10(2)3;/h5-8,10,13H,4,9,15H2,1-3H3,(H,16,17);1H. The molecule has 0 saturated carbocycles. The van der Waals surface area contributed by atoms with Gasteiger partial charge in [0.1, 0.15) is 0 Å². The molecule has 0 fully saturated rings. The lowest BCUT2D eigenvalue weighted by Gasteiger charge is -2.14. The highest BCUT2D eigenvalue weighted by Crippen LogP contribution is 2.17. The molecule has 1 unspecified atom stereocenters. The molecule has 0 radical (unpaired) electrons. The van der Waals surface area contributed by atoms with Crippen molar-refractivity contribution in [2.24, 2.45) is 5.73 Å². The molecule has 0 bridgehead atoms. The van der Waals surface area contributed by atoms with Crippen molar-refractivity contribution in [1.29, 1.82) is 0 Å². The quantitative estimate of drug-likeness (QED) is 0.864. The number of hydrogen-bond donors (Lipinski definition) is 2. The zero-order valence-electron chi connectivity index (χ0n) is 11.3. The summed E-state index contributed by atoms with van der Waals surface area (Å²) in [6, 6.07) is 8.14. The van der Waals surface area contributed by atoms with Gasteiger partial charge in [0, 0.05) is 19.0 Å². The third-order valence-corrected chi connectivity index (χ3v) is 2.87. The van der Waals surface area contributed by atoms with Crippen LogP contribution in [0.3, 0.4) is 0 Å². The smallest absolute Gasteiger partial charge is 0.219 e. The van der Waals surface area contributed by atoms with E-state index >= 15 is 0 Å². The minimum Gasteiger partial charge on any atom is -0.354 e. The van der Waals surface area contributed by atoms with Crippen LogP contribution in [0.4, 0.5) is 0 Å². The molecule has 3 nitrogen and oxygen atoms in total. The van der Waals surface area contributed by atoms with Crippen LogP contribution >= 0.6 is 12.4 Å². The number of rotatable bonds is 5. The van der Waals surface area contributed by atoms with Crippen molar-refractivity contribution < 1.29 is 4.79 Å². The van der Waals surface area contributed by atoms with E-state index in [0.717, 1.165) is 5.56 Å². The molecule has 102 valence electrons. The molecule has 0 heterocycles. The van der Waals surface area contributed by atoms with Crippen molar-refractivity contribution in [3.05, 3.63) is 35.4 Å². The summed E-state index contributed by atoms with van der Waals surface area (Å²) in [5, 5.41) is 2.80. The van der Waals surface area contributed by atoms with Crippen LogP contribution in [0.5, 0.6) is 0 Å². The molecule has 0 aliphatic heterocycles. The van der Waals surface area contributed by atoms with Crippen molar-refractivity contribution in [2.45, 2.75) is 39.2 Å². The molecule has 0 spiro atoms. The fraction of sp³-hybridized carbons (Fsp3) is 0.500. The van der Waals surface area contributed by atoms with Crippen LogP contribution in [0, 0.1) is 0 Å². The lowest BCUT2D eigenvalue weighted by atomic mass is 9.99. The van der Waals surface area contributed by atoms with Gasteiger partial charge in [-0.1, -0.05) is 45.0 Å². The first-order valence-electron chi connectivity index (χ1n) is 6.16. The van der Waals surface area contributed by atoms with Gasteiger partial charge < -0.3 is 11.1 Å². The molecule has 0 aliphatic rings. The Labute approximate surface area is 116 Å².